The van der Waals surface area contributed by atoms with Crippen molar-refractivity contribution in [1.29, 1.82) is 0 Å². The van der Waals surface area contributed by atoms with Crippen LogP contribution in [0.4, 0.5) is 5.69 Å². The van der Waals surface area contributed by atoms with Gasteiger partial charge < -0.3 is 0 Å². The molecule has 1 aromatic heterocycles. The van der Waals surface area contributed by atoms with Gasteiger partial charge in [0.15, 0.2) is 0 Å². The molecule has 2 aromatic rings. The van der Waals surface area contributed by atoms with Gasteiger partial charge in [-0.2, -0.15) is 5.10 Å². The highest BCUT2D eigenvalue weighted by Gasteiger charge is 2.09. The molecule has 0 spiro atoms. The van der Waals surface area contributed by atoms with E-state index in [0.29, 0.717) is 0 Å². The Balaban J connectivity index is 1.76. The summed E-state index contributed by atoms with van der Waals surface area (Å²) < 4.78 is 1.80. The van der Waals surface area contributed by atoms with E-state index in [0.717, 1.165) is 34.3 Å². The normalized spacial score (nSPS) is 13.0. The maximum atomic E-state index is 4.39. The van der Waals surface area contributed by atoms with E-state index in [4.69, 9.17) is 0 Å². The summed E-state index contributed by atoms with van der Waals surface area (Å²) in [7, 11) is 0. The minimum atomic E-state index is 0.754. The monoisotopic (exact) mass is 297 g/mol. The van der Waals surface area contributed by atoms with Gasteiger partial charge in [-0.25, -0.2) is 4.68 Å². The number of para-hydroxylation sites is 1. The molecule has 0 saturated carbocycles. The van der Waals surface area contributed by atoms with E-state index in [2.05, 4.69) is 27.4 Å². The smallest absolute Gasteiger partial charge is 0.133 e. The Kier molecular flexibility index (Phi) is 4.16. The number of thioether (sulfide) groups is 1. The molecular weight excluding hydrogens is 282 g/mol. The first kappa shape index (κ1) is 13.6. The Bertz CT molecular complexity index is 702. The Morgan fingerprint density at radius 1 is 1.29 bits per heavy atom. The first-order valence-corrected chi connectivity index (χ1v) is 7.72. The second-order valence-corrected chi connectivity index (χ2v) is 5.46. The summed E-state index contributed by atoms with van der Waals surface area (Å²) in [4.78, 5) is 0. The summed E-state index contributed by atoms with van der Waals surface area (Å²) >= 11 is 1.73. The van der Waals surface area contributed by atoms with Crippen LogP contribution in [-0.4, -0.2) is 26.5 Å². The van der Waals surface area contributed by atoms with E-state index in [1.807, 2.05) is 48.7 Å². The summed E-state index contributed by atoms with van der Waals surface area (Å²) in [5, 5.41) is 12.7. The Morgan fingerprint density at radius 2 is 2.19 bits per heavy atom. The van der Waals surface area contributed by atoms with Crippen LogP contribution in [0.5, 0.6) is 0 Å². The molecule has 3 rings (SSSR count). The van der Waals surface area contributed by atoms with E-state index >= 15 is 0 Å². The van der Waals surface area contributed by atoms with Gasteiger partial charge in [0.25, 0.3) is 0 Å². The number of hydrogen-bond acceptors (Lipinski definition) is 5. The molecule has 0 aliphatic carbocycles. The van der Waals surface area contributed by atoms with Gasteiger partial charge in [-0.1, -0.05) is 35.6 Å². The van der Waals surface area contributed by atoms with Crippen molar-refractivity contribution < 1.29 is 0 Å². The van der Waals surface area contributed by atoms with Crippen molar-refractivity contribution in [2.75, 3.05) is 11.2 Å². The highest BCUT2D eigenvalue weighted by molar-refractivity contribution is 7.98. The van der Waals surface area contributed by atoms with Crippen molar-refractivity contribution in [2.45, 2.75) is 5.88 Å². The molecule has 0 bridgehead atoms. The molecule has 0 unspecified atom stereocenters. The quantitative estimate of drug-likeness (QED) is 0.681. The number of hydrazone groups is 1. The third-order valence-corrected chi connectivity index (χ3v) is 3.86. The van der Waals surface area contributed by atoms with Crippen molar-refractivity contribution >= 4 is 29.2 Å². The minimum Gasteiger partial charge on any atom is -0.277 e. The molecule has 0 atom stereocenters. The second kappa shape index (κ2) is 6.41. The summed E-state index contributed by atoms with van der Waals surface area (Å²) in [5.41, 5.74) is 6.68. The fraction of sp³-hybridized carbons (Fsp3) is 0.133. The van der Waals surface area contributed by atoms with E-state index in [9.17, 15) is 0 Å². The van der Waals surface area contributed by atoms with Gasteiger partial charge in [0.05, 0.1) is 17.8 Å². The largest absolute Gasteiger partial charge is 0.277 e. The molecule has 6 heteroatoms. The van der Waals surface area contributed by atoms with Gasteiger partial charge in [-0.15, -0.1) is 23.4 Å². The summed E-state index contributed by atoms with van der Waals surface area (Å²) in [6, 6.07) is 8.02. The predicted octanol–water partition coefficient (Wildman–Crippen LogP) is 3.00. The minimum absolute atomic E-state index is 0.754. The zero-order chi connectivity index (χ0) is 14.5. The highest BCUT2D eigenvalue weighted by atomic mass is 32.2. The van der Waals surface area contributed by atoms with Gasteiger partial charge >= 0.3 is 0 Å². The Morgan fingerprint density at radius 3 is 3.10 bits per heavy atom. The predicted molar refractivity (Wildman–Crippen MR) is 88.3 cm³/mol. The summed E-state index contributed by atoms with van der Waals surface area (Å²) in [6.45, 7) is 3.70. The fourth-order valence-electron chi connectivity index (χ4n) is 1.92. The lowest BCUT2D eigenvalue weighted by Gasteiger charge is -2.01. The summed E-state index contributed by atoms with van der Waals surface area (Å²) in [5.74, 6) is 1.65. The number of benzene rings is 1. The third kappa shape index (κ3) is 3.22. The second-order valence-electron chi connectivity index (χ2n) is 4.46. The molecule has 0 fully saturated rings. The lowest BCUT2D eigenvalue weighted by molar-refractivity contribution is 0.702. The van der Waals surface area contributed by atoms with E-state index < -0.39 is 0 Å². The zero-order valence-electron chi connectivity index (χ0n) is 11.4. The number of allylic oxidation sites excluding steroid dienone is 1. The molecule has 0 saturated heterocycles. The standard InChI is InChI=1S/C15H15N5S/c1-2-9-21-11-20-10-15(18-19-20)14-8-7-12-5-3-4-6-13(12)16-17-14/h2-8,10,16H,1,9,11H2. The maximum absolute atomic E-state index is 4.39. The molecular formula is C15H15N5S. The van der Waals surface area contributed by atoms with Crippen LogP contribution < -0.4 is 5.43 Å². The summed E-state index contributed by atoms with van der Waals surface area (Å²) in [6.07, 6.45) is 7.75. The molecule has 1 aromatic carbocycles. The van der Waals surface area contributed by atoms with Crippen LogP contribution in [-0.2, 0) is 5.88 Å². The van der Waals surface area contributed by atoms with Gasteiger partial charge in [-0.3, -0.25) is 5.43 Å². The van der Waals surface area contributed by atoms with E-state index in [1.165, 1.54) is 0 Å². The zero-order valence-corrected chi connectivity index (χ0v) is 12.3. The van der Waals surface area contributed by atoms with Gasteiger partial charge in [0.2, 0.25) is 0 Å². The number of rotatable bonds is 5. The van der Waals surface area contributed by atoms with Crippen LogP contribution in [0.1, 0.15) is 11.3 Å². The molecule has 2 heterocycles. The average Bonchev–Trinajstić information content (AvgIpc) is 2.87. The molecule has 1 aliphatic rings. The first-order chi connectivity index (χ1) is 10.4. The topological polar surface area (TPSA) is 55.1 Å². The van der Waals surface area contributed by atoms with Crippen LogP contribution in [0, 0.1) is 0 Å². The Labute approximate surface area is 127 Å². The average molecular weight is 297 g/mol. The van der Waals surface area contributed by atoms with Crippen LogP contribution in [0.3, 0.4) is 0 Å². The van der Waals surface area contributed by atoms with Crippen molar-refractivity contribution in [1.82, 2.24) is 15.0 Å². The van der Waals surface area contributed by atoms with Crippen molar-refractivity contribution in [3.8, 4) is 0 Å². The number of aromatic nitrogens is 3. The van der Waals surface area contributed by atoms with Crippen molar-refractivity contribution in [3.63, 3.8) is 0 Å². The van der Waals surface area contributed by atoms with Crippen LogP contribution in [0.15, 0.2) is 54.3 Å². The van der Waals surface area contributed by atoms with Crippen LogP contribution in [0.25, 0.3) is 6.08 Å². The molecule has 21 heavy (non-hydrogen) atoms. The fourth-order valence-corrected chi connectivity index (χ4v) is 2.51. The van der Waals surface area contributed by atoms with Crippen LogP contribution >= 0.6 is 11.8 Å². The SMILES string of the molecule is C=CCSCn1cc(C2=NNc3ccccc3C=C2)nn1. The molecule has 0 amide bonds. The number of nitrogens with zero attached hydrogens (tertiary/aromatic N) is 4. The lowest BCUT2D eigenvalue weighted by Crippen LogP contribution is -2.00. The molecule has 5 nitrogen and oxygen atoms in total. The van der Waals surface area contributed by atoms with Crippen molar-refractivity contribution in [2.24, 2.45) is 5.10 Å². The van der Waals surface area contributed by atoms with Gasteiger partial charge in [-0.05, 0) is 17.7 Å². The van der Waals surface area contributed by atoms with Crippen LogP contribution in [0.2, 0.25) is 0 Å². The third-order valence-electron chi connectivity index (χ3n) is 2.94. The molecule has 1 aliphatic heterocycles. The Hall–Kier alpha value is -2.34. The molecule has 106 valence electrons. The number of anilines is 1. The molecule has 1 N–H and O–H groups in total. The number of nitrogens with one attached hydrogen (secondary N) is 1. The van der Waals surface area contributed by atoms with Crippen molar-refractivity contribution in [3.05, 3.63) is 60.5 Å². The lowest BCUT2D eigenvalue weighted by atomic mass is 10.1. The maximum Gasteiger partial charge on any atom is 0.133 e. The number of hydrogen-bond donors (Lipinski definition) is 1. The van der Waals surface area contributed by atoms with E-state index in [1.54, 1.807) is 16.4 Å². The van der Waals surface area contributed by atoms with E-state index in [-0.39, 0.29) is 0 Å². The van der Waals surface area contributed by atoms with Gasteiger partial charge in [0, 0.05) is 5.75 Å². The number of fused-ring (bicyclic) bond motifs is 1. The first-order valence-electron chi connectivity index (χ1n) is 6.57. The van der Waals surface area contributed by atoms with Gasteiger partial charge in [0.1, 0.15) is 11.4 Å². The highest BCUT2D eigenvalue weighted by Crippen LogP contribution is 2.19. The molecule has 0 radical (unpaired) electrons.